The van der Waals surface area contributed by atoms with Gasteiger partial charge in [0.1, 0.15) is 5.58 Å². The van der Waals surface area contributed by atoms with Gasteiger partial charge in [0.15, 0.2) is 6.61 Å². The van der Waals surface area contributed by atoms with Crippen molar-refractivity contribution in [2.75, 3.05) is 19.7 Å². The second-order valence-corrected chi connectivity index (χ2v) is 7.35. The van der Waals surface area contributed by atoms with Crippen LogP contribution in [0, 0.1) is 12.8 Å². The number of fused-ring (bicyclic) bond motifs is 3. The molecule has 7 nitrogen and oxygen atoms in total. The van der Waals surface area contributed by atoms with Crippen LogP contribution in [0.15, 0.2) is 40.8 Å². The van der Waals surface area contributed by atoms with Crippen LogP contribution >= 0.6 is 0 Å². The van der Waals surface area contributed by atoms with E-state index in [4.69, 9.17) is 14.9 Å². The first-order valence-electron chi connectivity index (χ1n) is 9.60. The molecule has 0 unspecified atom stereocenters. The molecule has 0 spiro atoms. The molecular formula is C22H22N2O5. The zero-order valence-electron chi connectivity index (χ0n) is 16.1. The molecule has 29 heavy (non-hydrogen) atoms. The Labute approximate surface area is 167 Å². The lowest BCUT2D eigenvalue weighted by molar-refractivity contribution is -0.137. The number of benzene rings is 2. The van der Waals surface area contributed by atoms with E-state index < -0.39 is 5.97 Å². The minimum Gasteiger partial charge on any atom is -0.450 e. The van der Waals surface area contributed by atoms with Crippen molar-refractivity contribution in [1.82, 2.24) is 4.90 Å². The quantitative estimate of drug-likeness (QED) is 0.686. The van der Waals surface area contributed by atoms with E-state index in [1.165, 1.54) is 0 Å². The third-order valence-corrected chi connectivity index (χ3v) is 5.59. The van der Waals surface area contributed by atoms with Crippen LogP contribution in [0.5, 0.6) is 0 Å². The van der Waals surface area contributed by atoms with E-state index in [0.29, 0.717) is 37.1 Å². The van der Waals surface area contributed by atoms with Crippen LogP contribution in [0.1, 0.15) is 29.0 Å². The van der Waals surface area contributed by atoms with Gasteiger partial charge in [-0.1, -0.05) is 36.4 Å². The van der Waals surface area contributed by atoms with Crippen molar-refractivity contribution in [2.24, 2.45) is 11.7 Å². The Morgan fingerprint density at radius 2 is 1.83 bits per heavy atom. The summed E-state index contributed by atoms with van der Waals surface area (Å²) in [6.45, 7) is 2.30. The summed E-state index contributed by atoms with van der Waals surface area (Å²) in [6.07, 6.45) is 1.07. The van der Waals surface area contributed by atoms with Gasteiger partial charge in [0, 0.05) is 35.3 Å². The number of likely N-dealkylation sites (tertiary alicyclic amines) is 1. The van der Waals surface area contributed by atoms with Crippen molar-refractivity contribution >= 4 is 39.5 Å². The molecule has 1 fully saturated rings. The lowest BCUT2D eigenvalue weighted by Crippen LogP contribution is -2.43. The van der Waals surface area contributed by atoms with Crippen LogP contribution in [0.4, 0.5) is 0 Å². The number of carbonyl (C=O) groups excluding carboxylic acids is 3. The Kier molecular flexibility index (Phi) is 4.96. The van der Waals surface area contributed by atoms with E-state index in [9.17, 15) is 14.4 Å². The summed E-state index contributed by atoms with van der Waals surface area (Å²) in [5.41, 5.74) is 6.63. The number of nitrogens with two attached hydrogens (primary N) is 1. The summed E-state index contributed by atoms with van der Waals surface area (Å²) in [7, 11) is 0. The number of piperidine rings is 1. The largest absolute Gasteiger partial charge is 0.450 e. The van der Waals surface area contributed by atoms with Crippen LogP contribution in [0.25, 0.3) is 21.7 Å². The van der Waals surface area contributed by atoms with E-state index >= 15 is 0 Å². The maximum atomic E-state index is 12.6. The Morgan fingerprint density at radius 1 is 1.10 bits per heavy atom. The van der Waals surface area contributed by atoms with Gasteiger partial charge in [0.2, 0.25) is 11.7 Å². The molecule has 0 atom stereocenters. The van der Waals surface area contributed by atoms with Gasteiger partial charge >= 0.3 is 5.97 Å². The number of furan rings is 1. The Morgan fingerprint density at radius 3 is 2.55 bits per heavy atom. The van der Waals surface area contributed by atoms with Crippen LogP contribution < -0.4 is 5.73 Å². The van der Waals surface area contributed by atoms with Crippen molar-refractivity contribution in [2.45, 2.75) is 19.8 Å². The average molecular weight is 394 g/mol. The number of amides is 2. The summed E-state index contributed by atoms with van der Waals surface area (Å²) in [6, 6.07) is 11.7. The van der Waals surface area contributed by atoms with Crippen molar-refractivity contribution in [3.63, 3.8) is 0 Å². The van der Waals surface area contributed by atoms with E-state index in [1.807, 2.05) is 36.4 Å². The maximum Gasteiger partial charge on any atom is 0.375 e. The van der Waals surface area contributed by atoms with Crippen LogP contribution in [0.3, 0.4) is 0 Å². The Balaban J connectivity index is 1.46. The summed E-state index contributed by atoms with van der Waals surface area (Å²) in [5, 5.41) is 2.78. The highest BCUT2D eigenvalue weighted by atomic mass is 16.5. The van der Waals surface area contributed by atoms with Crippen molar-refractivity contribution in [3.05, 3.63) is 47.7 Å². The molecule has 2 heterocycles. The molecule has 2 aromatic carbocycles. The van der Waals surface area contributed by atoms with E-state index in [1.54, 1.807) is 11.8 Å². The van der Waals surface area contributed by atoms with Gasteiger partial charge in [-0.05, 0) is 25.2 Å². The molecular weight excluding hydrogens is 372 g/mol. The smallest absolute Gasteiger partial charge is 0.375 e. The number of carbonyl (C=O) groups is 3. The molecule has 7 heteroatoms. The van der Waals surface area contributed by atoms with Crippen LogP contribution in [-0.2, 0) is 14.3 Å². The number of aryl methyl sites for hydroxylation is 1. The summed E-state index contributed by atoms with van der Waals surface area (Å²) < 4.78 is 11.1. The Bertz CT molecular complexity index is 1110. The van der Waals surface area contributed by atoms with Gasteiger partial charge in [0.25, 0.3) is 5.91 Å². The fourth-order valence-corrected chi connectivity index (χ4v) is 3.84. The molecule has 1 aliphatic heterocycles. The number of esters is 1. The number of hydrogen-bond donors (Lipinski definition) is 1. The second kappa shape index (κ2) is 7.58. The maximum absolute atomic E-state index is 12.6. The lowest BCUT2D eigenvalue weighted by atomic mass is 9.96. The third-order valence-electron chi connectivity index (χ3n) is 5.59. The SMILES string of the molecule is Cc1c(C(=O)OCC(=O)N2CCC(C(N)=O)CC2)oc2c1ccc1ccccc12. The normalized spacial score (nSPS) is 15.0. The molecule has 2 N–H and O–H groups in total. The second-order valence-electron chi connectivity index (χ2n) is 7.35. The number of ether oxygens (including phenoxy) is 1. The number of nitrogens with zero attached hydrogens (tertiary/aromatic N) is 1. The van der Waals surface area contributed by atoms with Crippen molar-refractivity contribution in [1.29, 1.82) is 0 Å². The topological polar surface area (TPSA) is 103 Å². The first-order chi connectivity index (χ1) is 14.0. The van der Waals surface area contributed by atoms with E-state index in [0.717, 1.165) is 16.2 Å². The standard InChI is InChI=1S/C22H22N2O5/c1-13-16-7-6-14-4-2-3-5-17(14)20(16)29-19(13)22(27)28-12-18(25)24-10-8-15(9-11-24)21(23)26/h2-7,15H,8-12H2,1H3,(H2,23,26). The minimum atomic E-state index is -0.664. The highest BCUT2D eigenvalue weighted by Crippen LogP contribution is 2.32. The fraction of sp³-hybridized carbons (Fsp3) is 0.318. The molecule has 150 valence electrons. The number of rotatable bonds is 4. The highest BCUT2D eigenvalue weighted by Gasteiger charge is 2.27. The van der Waals surface area contributed by atoms with Gasteiger partial charge in [0.05, 0.1) is 0 Å². The van der Waals surface area contributed by atoms with E-state index in [2.05, 4.69) is 0 Å². The van der Waals surface area contributed by atoms with Gasteiger partial charge in [-0.25, -0.2) is 4.79 Å². The molecule has 3 aromatic rings. The summed E-state index contributed by atoms with van der Waals surface area (Å²) in [4.78, 5) is 37.7. The first-order valence-corrected chi connectivity index (χ1v) is 9.60. The first kappa shape index (κ1) is 19.0. The molecule has 1 aromatic heterocycles. The zero-order valence-corrected chi connectivity index (χ0v) is 16.1. The van der Waals surface area contributed by atoms with Crippen molar-refractivity contribution in [3.8, 4) is 0 Å². The lowest BCUT2D eigenvalue weighted by Gasteiger charge is -2.30. The van der Waals surface area contributed by atoms with Gasteiger partial charge < -0.3 is 19.8 Å². The molecule has 0 radical (unpaired) electrons. The Hall–Kier alpha value is -3.35. The fourth-order valence-electron chi connectivity index (χ4n) is 3.84. The van der Waals surface area contributed by atoms with Gasteiger partial charge in [-0.2, -0.15) is 0 Å². The number of primary amides is 1. The zero-order chi connectivity index (χ0) is 20.5. The van der Waals surface area contributed by atoms with Crippen LogP contribution in [0.2, 0.25) is 0 Å². The predicted molar refractivity (Wildman–Crippen MR) is 107 cm³/mol. The molecule has 0 bridgehead atoms. The molecule has 1 saturated heterocycles. The number of hydrogen-bond acceptors (Lipinski definition) is 5. The molecule has 4 rings (SSSR count). The molecule has 0 saturated carbocycles. The molecule has 0 aliphatic carbocycles. The van der Waals surface area contributed by atoms with Crippen molar-refractivity contribution < 1.29 is 23.5 Å². The minimum absolute atomic E-state index is 0.108. The van der Waals surface area contributed by atoms with Crippen LogP contribution in [-0.4, -0.2) is 42.4 Å². The molecule has 1 aliphatic rings. The average Bonchev–Trinajstić information content (AvgIpc) is 3.09. The van der Waals surface area contributed by atoms with Gasteiger partial charge in [-0.3, -0.25) is 9.59 Å². The van der Waals surface area contributed by atoms with Gasteiger partial charge in [-0.15, -0.1) is 0 Å². The third kappa shape index (κ3) is 3.55. The van der Waals surface area contributed by atoms with E-state index in [-0.39, 0.29) is 30.1 Å². The summed E-state index contributed by atoms with van der Waals surface area (Å²) >= 11 is 0. The molecule has 2 amide bonds. The highest BCUT2D eigenvalue weighted by molar-refractivity contribution is 6.08. The predicted octanol–water partition coefficient (Wildman–Crippen LogP) is 2.78. The summed E-state index contributed by atoms with van der Waals surface area (Å²) in [5.74, 6) is -1.38. The monoisotopic (exact) mass is 394 g/mol.